The normalized spacial score (nSPS) is 10.6. The molecule has 2 aromatic rings. The molecule has 0 aliphatic rings. The van der Waals surface area contributed by atoms with Crippen molar-refractivity contribution < 1.29 is 4.79 Å². The van der Waals surface area contributed by atoms with E-state index in [-0.39, 0.29) is 5.91 Å². The number of rotatable bonds is 4. The second kappa shape index (κ2) is 5.34. The number of aryl methyl sites for hydroxylation is 2. The number of carbonyl (C=O) groups excluding carboxylic acids is 1. The van der Waals surface area contributed by atoms with Crippen LogP contribution in [0.2, 0.25) is 0 Å². The number of aromatic nitrogens is 4. The van der Waals surface area contributed by atoms with Crippen molar-refractivity contribution in [3.05, 3.63) is 28.8 Å². The van der Waals surface area contributed by atoms with Gasteiger partial charge in [-0.2, -0.15) is 10.2 Å². The van der Waals surface area contributed by atoms with E-state index in [9.17, 15) is 4.79 Å². The Morgan fingerprint density at radius 1 is 1.44 bits per heavy atom. The van der Waals surface area contributed by atoms with Gasteiger partial charge in [-0.1, -0.05) is 0 Å². The van der Waals surface area contributed by atoms with E-state index < -0.39 is 0 Å². The average molecular weight is 312 g/mol. The Kier molecular flexibility index (Phi) is 3.81. The van der Waals surface area contributed by atoms with Gasteiger partial charge in [-0.05, 0) is 22.9 Å². The fraction of sp³-hybridized carbons (Fsp3) is 0.364. The summed E-state index contributed by atoms with van der Waals surface area (Å²) in [6.45, 7) is 2.46. The summed E-state index contributed by atoms with van der Waals surface area (Å²) in [5.74, 6) is -0.0438. The number of nitrogens with zero attached hydrogens (tertiary/aromatic N) is 4. The van der Waals surface area contributed by atoms with Crippen LogP contribution in [0.25, 0.3) is 0 Å². The van der Waals surface area contributed by atoms with Crippen LogP contribution in [0.4, 0.5) is 5.69 Å². The van der Waals surface area contributed by atoms with Crippen LogP contribution >= 0.6 is 15.9 Å². The van der Waals surface area contributed by atoms with Crippen molar-refractivity contribution in [3.63, 3.8) is 0 Å². The van der Waals surface area contributed by atoms with Crippen LogP contribution < -0.4 is 5.32 Å². The minimum absolute atomic E-state index is 0.0438. The third-order valence-electron chi connectivity index (χ3n) is 2.68. The summed E-state index contributed by atoms with van der Waals surface area (Å²) in [5.41, 5.74) is 1.69. The van der Waals surface area contributed by atoms with Gasteiger partial charge in [0.15, 0.2) is 0 Å². The Balaban J connectivity index is 1.87. The minimum atomic E-state index is -0.0438. The highest BCUT2D eigenvalue weighted by Gasteiger charge is 2.08. The van der Waals surface area contributed by atoms with Gasteiger partial charge in [-0.15, -0.1) is 0 Å². The molecule has 0 radical (unpaired) electrons. The molecule has 0 spiro atoms. The van der Waals surface area contributed by atoms with E-state index in [1.807, 2.05) is 20.2 Å². The standard InChI is InChI=1S/C11H14BrN5O/c1-8-10(6-13-16(8)2)15-11(18)3-4-17-7-9(12)5-14-17/h5-7H,3-4H2,1-2H3,(H,15,18). The first-order valence-electron chi connectivity index (χ1n) is 5.52. The fourth-order valence-corrected chi connectivity index (χ4v) is 1.84. The molecular weight excluding hydrogens is 298 g/mol. The lowest BCUT2D eigenvalue weighted by atomic mass is 10.3. The summed E-state index contributed by atoms with van der Waals surface area (Å²) >= 11 is 3.31. The quantitative estimate of drug-likeness (QED) is 0.935. The van der Waals surface area contributed by atoms with E-state index in [2.05, 4.69) is 31.4 Å². The first-order valence-corrected chi connectivity index (χ1v) is 6.32. The zero-order chi connectivity index (χ0) is 13.1. The first kappa shape index (κ1) is 12.8. The summed E-state index contributed by atoms with van der Waals surface area (Å²) in [6.07, 6.45) is 5.56. The number of hydrogen-bond acceptors (Lipinski definition) is 3. The molecule has 1 amide bonds. The highest BCUT2D eigenvalue weighted by atomic mass is 79.9. The van der Waals surface area contributed by atoms with Crippen LogP contribution in [0.15, 0.2) is 23.1 Å². The molecule has 0 atom stereocenters. The molecule has 0 bridgehead atoms. The van der Waals surface area contributed by atoms with Crippen molar-refractivity contribution in [3.8, 4) is 0 Å². The molecule has 0 aliphatic heterocycles. The molecule has 2 rings (SSSR count). The minimum Gasteiger partial charge on any atom is -0.323 e. The van der Waals surface area contributed by atoms with Gasteiger partial charge < -0.3 is 5.32 Å². The van der Waals surface area contributed by atoms with Crippen LogP contribution in [-0.4, -0.2) is 25.5 Å². The van der Waals surface area contributed by atoms with E-state index in [4.69, 9.17) is 0 Å². The van der Waals surface area contributed by atoms with Crippen molar-refractivity contribution >= 4 is 27.5 Å². The predicted octanol–water partition coefficient (Wildman–Crippen LogP) is 1.72. The molecular formula is C11H14BrN5O. The average Bonchev–Trinajstić information content (AvgIpc) is 2.88. The molecule has 18 heavy (non-hydrogen) atoms. The van der Waals surface area contributed by atoms with E-state index >= 15 is 0 Å². The van der Waals surface area contributed by atoms with E-state index in [0.717, 1.165) is 15.9 Å². The third-order valence-corrected chi connectivity index (χ3v) is 3.09. The van der Waals surface area contributed by atoms with Gasteiger partial charge in [0.25, 0.3) is 0 Å². The molecule has 6 nitrogen and oxygen atoms in total. The van der Waals surface area contributed by atoms with Gasteiger partial charge in [0, 0.05) is 26.2 Å². The maximum atomic E-state index is 11.8. The van der Waals surface area contributed by atoms with Gasteiger partial charge in [-0.3, -0.25) is 14.2 Å². The lowest BCUT2D eigenvalue weighted by molar-refractivity contribution is -0.116. The van der Waals surface area contributed by atoms with Crippen molar-refractivity contribution in [1.82, 2.24) is 19.6 Å². The van der Waals surface area contributed by atoms with Crippen LogP contribution in [0.5, 0.6) is 0 Å². The molecule has 0 saturated carbocycles. The zero-order valence-electron chi connectivity index (χ0n) is 10.2. The Morgan fingerprint density at radius 2 is 2.22 bits per heavy atom. The van der Waals surface area contributed by atoms with Crippen molar-refractivity contribution in [2.75, 3.05) is 5.32 Å². The highest BCUT2D eigenvalue weighted by molar-refractivity contribution is 9.10. The number of hydrogen-bond donors (Lipinski definition) is 1. The Bertz CT molecular complexity index is 560. The molecule has 0 unspecified atom stereocenters. The summed E-state index contributed by atoms with van der Waals surface area (Å²) < 4.78 is 4.35. The molecule has 2 aromatic heterocycles. The topological polar surface area (TPSA) is 64.7 Å². The highest BCUT2D eigenvalue weighted by Crippen LogP contribution is 2.12. The van der Waals surface area contributed by atoms with Crippen LogP contribution in [0.3, 0.4) is 0 Å². The maximum absolute atomic E-state index is 11.8. The second-order valence-corrected chi connectivity index (χ2v) is 4.90. The molecule has 0 fully saturated rings. The Labute approximate surface area is 113 Å². The van der Waals surface area contributed by atoms with E-state index in [0.29, 0.717) is 13.0 Å². The molecule has 0 saturated heterocycles. The van der Waals surface area contributed by atoms with Gasteiger partial charge in [0.1, 0.15) is 0 Å². The summed E-state index contributed by atoms with van der Waals surface area (Å²) in [6, 6.07) is 0. The molecule has 0 aliphatic carbocycles. The number of anilines is 1. The maximum Gasteiger partial charge on any atom is 0.226 e. The third kappa shape index (κ3) is 2.98. The van der Waals surface area contributed by atoms with E-state index in [1.165, 1.54) is 0 Å². The SMILES string of the molecule is Cc1c(NC(=O)CCn2cc(Br)cn2)cnn1C. The number of nitrogens with one attached hydrogen (secondary N) is 1. The smallest absolute Gasteiger partial charge is 0.226 e. The predicted molar refractivity (Wildman–Crippen MR) is 71.1 cm³/mol. The summed E-state index contributed by atoms with van der Waals surface area (Å²) in [5, 5.41) is 11.0. The van der Waals surface area contributed by atoms with Gasteiger partial charge in [0.05, 0.1) is 28.2 Å². The summed E-state index contributed by atoms with van der Waals surface area (Å²) in [7, 11) is 1.84. The van der Waals surface area contributed by atoms with Crippen molar-refractivity contribution in [2.24, 2.45) is 7.05 Å². The van der Waals surface area contributed by atoms with Crippen LogP contribution in [-0.2, 0) is 18.4 Å². The molecule has 2 heterocycles. The second-order valence-electron chi connectivity index (χ2n) is 3.99. The first-order chi connectivity index (χ1) is 8.56. The molecule has 7 heteroatoms. The van der Waals surface area contributed by atoms with Gasteiger partial charge >= 0.3 is 0 Å². The van der Waals surface area contributed by atoms with Crippen molar-refractivity contribution in [2.45, 2.75) is 19.9 Å². The monoisotopic (exact) mass is 311 g/mol. The fourth-order valence-electron chi connectivity index (χ4n) is 1.51. The number of amides is 1. The lowest BCUT2D eigenvalue weighted by Crippen LogP contribution is -2.15. The van der Waals surface area contributed by atoms with Crippen molar-refractivity contribution in [1.29, 1.82) is 0 Å². The zero-order valence-corrected chi connectivity index (χ0v) is 11.8. The number of carbonyl (C=O) groups is 1. The molecule has 0 aromatic carbocycles. The molecule has 1 N–H and O–H groups in total. The summed E-state index contributed by atoms with van der Waals surface area (Å²) in [4.78, 5) is 11.8. The Hall–Kier alpha value is -1.63. The molecule has 96 valence electrons. The van der Waals surface area contributed by atoms with Crippen LogP contribution in [0.1, 0.15) is 12.1 Å². The lowest BCUT2D eigenvalue weighted by Gasteiger charge is -2.04. The Morgan fingerprint density at radius 3 is 2.78 bits per heavy atom. The van der Waals surface area contributed by atoms with Gasteiger partial charge in [-0.25, -0.2) is 0 Å². The number of halogens is 1. The van der Waals surface area contributed by atoms with Gasteiger partial charge in [0.2, 0.25) is 5.91 Å². The van der Waals surface area contributed by atoms with E-state index in [1.54, 1.807) is 21.8 Å². The largest absolute Gasteiger partial charge is 0.323 e. The van der Waals surface area contributed by atoms with Crippen LogP contribution in [0, 0.1) is 6.92 Å².